The van der Waals surface area contributed by atoms with Gasteiger partial charge < -0.3 is 10.1 Å². The summed E-state index contributed by atoms with van der Waals surface area (Å²) >= 11 is 0. The Hall–Kier alpha value is -1.76. The van der Waals surface area contributed by atoms with Crippen LogP contribution in [0.5, 0.6) is 5.75 Å². The second-order valence-corrected chi connectivity index (χ2v) is 3.08. The van der Waals surface area contributed by atoms with Crippen molar-refractivity contribution in [2.45, 2.75) is 19.4 Å². The molecule has 0 aliphatic rings. The summed E-state index contributed by atoms with van der Waals surface area (Å²) in [6.07, 6.45) is 0.691. The Morgan fingerprint density at radius 1 is 1.60 bits per heavy atom. The largest absolute Gasteiger partial charge is 0.494 e. The quantitative estimate of drug-likeness (QED) is 0.827. The van der Waals surface area contributed by atoms with E-state index in [1.165, 1.54) is 19.2 Å². The van der Waals surface area contributed by atoms with Crippen LogP contribution in [0.2, 0.25) is 0 Å². The van der Waals surface area contributed by atoms with Crippen LogP contribution in [0, 0.1) is 17.1 Å². The van der Waals surface area contributed by atoms with Gasteiger partial charge in [-0.25, -0.2) is 4.39 Å². The average Bonchev–Trinajstić information content (AvgIpc) is 2.28. The first-order chi connectivity index (χ1) is 7.21. The molecular weight excluding hydrogens is 195 g/mol. The van der Waals surface area contributed by atoms with Gasteiger partial charge in [-0.05, 0) is 18.6 Å². The number of nitriles is 1. The standard InChI is InChI=1S/C11H13FN2O/c1-3-8(7-13)14-9-4-5-10(12)11(6-9)15-2/h4-6,8,14H,3H2,1-2H3. The first-order valence-electron chi connectivity index (χ1n) is 4.71. The number of benzene rings is 1. The average molecular weight is 208 g/mol. The highest BCUT2D eigenvalue weighted by atomic mass is 19.1. The second kappa shape index (κ2) is 5.20. The maximum absolute atomic E-state index is 13.1. The number of anilines is 1. The molecule has 0 saturated heterocycles. The summed E-state index contributed by atoms with van der Waals surface area (Å²) in [4.78, 5) is 0. The van der Waals surface area contributed by atoms with Crippen LogP contribution in [0.15, 0.2) is 18.2 Å². The van der Waals surface area contributed by atoms with E-state index in [1.807, 2.05) is 6.92 Å². The van der Waals surface area contributed by atoms with Gasteiger partial charge in [0, 0.05) is 11.8 Å². The lowest BCUT2D eigenvalue weighted by Gasteiger charge is -2.11. The molecule has 15 heavy (non-hydrogen) atoms. The first kappa shape index (κ1) is 11.3. The molecule has 0 bridgehead atoms. The predicted octanol–water partition coefficient (Wildman–Crippen LogP) is 2.55. The molecule has 0 amide bonds. The van der Waals surface area contributed by atoms with Crippen molar-refractivity contribution in [3.8, 4) is 11.8 Å². The zero-order valence-corrected chi connectivity index (χ0v) is 8.75. The van der Waals surface area contributed by atoms with Gasteiger partial charge in [0.05, 0.1) is 13.2 Å². The van der Waals surface area contributed by atoms with E-state index in [0.29, 0.717) is 12.1 Å². The second-order valence-electron chi connectivity index (χ2n) is 3.08. The van der Waals surface area contributed by atoms with Crippen molar-refractivity contribution in [2.24, 2.45) is 0 Å². The van der Waals surface area contributed by atoms with E-state index in [2.05, 4.69) is 11.4 Å². The van der Waals surface area contributed by atoms with Crippen molar-refractivity contribution in [3.63, 3.8) is 0 Å². The third-order valence-electron chi connectivity index (χ3n) is 2.06. The van der Waals surface area contributed by atoms with E-state index >= 15 is 0 Å². The van der Waals surface area contributed by atoms with Crippen LogP contribution < -0.4 is 10.1 Å². The number of halogens is 1. The van der Waals surface area contributed by atoms with E-state index in [0.717, 1.165) is 0 Å². The highest BCUT2D eigenvalue weighted by molar-refractivity contribution is 5.50. The number of ether oxygens (including phenoxy) is 1. The normalized spacial score (nSPS) is 11.6. The molecular formula is C11H13FN2O. The van der Waals surface area contributed by atoms with E-state index in [9.17, 15) is 4.39 Å². The monoisotopic (exact) mass is 208 g/mol. The van der Waals surface area contributed by atoms with Gasteiger partial charge in [-0.2, -0.15) is 5.26 Å². The fourth-order valence-electron chi connectivity index (χ4n) is 1.18. The zero-order valence-electron chi connectivity index (χ0n) is 8.75. The SMILES string of the molecule is CCC(C#N)Nc1ccc(F)c(OC)c1. The van der Waals surface area contributed by atoms with E-state index in [4.69, 9.17) is 10.00 Å². The summed E-state index contributed by atoms with van der Waals surface area (Å²) in [6.45, 7) is 1.90. The Labute approximate surface area is 88.5 Å². The molecule has 0 aliphatic carbocycles. The molecule has 0 radical (unpaired) electrons. The minimum Gasteiger partial charge on any atom is -0.494 e. The summed E-state index contributed by atoms with van der Waals surface area (Å²) < 4.78 is 17.9. The van der Waals surface area contributed by atoms with Gasteiger partial charge in [0.15, 0.2) is 11.6 Å². The van der Waals surface area contributed by atoms with Gasteiger partial charge >= 0.3 is 0 Å². The highest BCUT2D eigenvalue weighted by Gasteiger charge is 2.07. The number of rotatable bonds is 4. The van der Waals surface area contributed by atoms with Crippen molar-refractivity contribution in [3.05, 3.63) is 24.0 Å². The molecule has 0 fully saturated rings. The van der Waals surface area contributed by atoms with Crippen LogP contribution in [0.4, 0.5) is 10.1 Å². The van der Waals surface area contributed by atoms with Crippen molar-refractivity contribution in [1.82, 2.24) is 0 Å². The van der Waals surface area contributed by atoms with Gasteiger partial charge in [-0.3, -0.25) is 0 Å². The maximum Gasteiger partial charge on any atom is 0.165 e. The van der Waals surface area contributed by atoms with Crippen LogP contribution in [0.3, 0.4) is 0 Å². The van der Waals surface area contributed by atoms with E-state index < -0.39 is 5.82 Å². The molecule has 1 N–H and O–H groups in total. The third-order valence-corrected chi connectivity index (χ3v) is 2.06. The molecule has 1 aromatic carbocycles. The topological polar surface area (TPSA) is 45.0 Å². The molecule has 4 heteroatoms. The Balaban J connectivity index is 2.83. The minimum atomic E-state index is -0.409. The molecule has 0 aliphatic heterocycles. The number of hydrogen-bond acceptors (Lipinski definition) is 3. The number of methoxy groups -OCH3 is 1. The molecule has 0 saturated carbocycles. The molecule has 1 unspecified atom stereocenters. The minimum absolute atomic E-state index is 0.174. The molecule has 0 spiro atoms. The fourth-order valence-corrected chi connectivity index (χ4v) is 1.18. The smallest absolute Gasteiger partial charge is 0.165 e. The van der Waals surface area contributed by atoms with E-state index in [-0.39, 0.29) is 11.8 Å². The van der Waals surface area contributed by atoms with Gasteiger partial charge in [0.2, 0.25) is 0 Å². The molecule has 0 heterocycles. The van der Waals surface area contributed by atoms with Gasteiger partial charge in [0.1, 0.15) is 6.04 Å². The summed E-state index contributed by atoms with van der Waals surface area (Å²) in [5, 5.41) is 11.7. The van der Waals surface area contributed by atoms with Crippen molar-refractivity contribution < 1.29 is 9.13 Å². The van der Waals surface area contributed by atoms with Gasteiger partial charge in [0.25, 0.3) is 0 Å². The summed E-state index contributed by atoms with van der Waals surface area (Å²) in [7, 11) is 1.41. The van der Waals surface area contributed by atoms with Crippen molar-refractivity contribution >= 4 is 5.69 Å². The lowest BCUT2D eigenvalue weighted by molar-refractivity contribution is 0.387. The number of nitrogens with one attached hydrogen (secondary N) is 1. The third kappa shape index (κ3) is 2.84. The van der Waals surface area contributed by atoms with Crippen LogP contribution in [0.1, 0.15) is 13.3 Å². The van der Waals surface area contributed by atoms with Gasteiger partial charge in [-0.15, -0.1) is 0 Å². The predicted molar refractivity (Wildman–Crippen MR) is 56.3 cm³/mol. The van der Waals surface area contributed by atoms with Gasteiger partial charge in [-0.1, -0.05) is 6.92 Å². The highest BCUT2D eigenvalue weighted by Crippen LogP contribution is 2.22. The van der Waals surface area contributed by atoms with Crippen LogP contribution in [-0.2, 0) is 0 Å². The fraction of sp³-hybridized carbons (Fsp3) is 0.364. The maximum atomic E-state index is 13.1. The van der Waals surface area contributed by atoms with Crippen molar-refractivity contribution in [2.75, 3.05) is 12.4 Å². The molecule has 1 rings (SSSR count). The molecule has 3 nitrogen and oxygen atoms in total. The Morgan fingerprint density at radius 3 is 2.87 bits per heavy atom. The zero-order chi connectivity index (χ0) is 11.3. The Morgan fingerprint density at radius 2 is 2.33 bits per heavy atom. The number of nitrogens with zero attached hydrogens (tertiary/aromatic N) is 1. The molecule has 1 atom stereocenters. The van der Waals surface area contributed by atoms with Crippen LogP contribution >= 0.6 is 0 Å². The lowest BCUT2D eigenvalue weighted by atomic mass is 10.2. The van der Waals surface area contributed by atoms with Crippen LogP contribution in [-0.4, -0.2) is 13.2 Å². The van der Waals surface area contributed by atoms with Crippen LogP contribution in [0.25, 0.3) is 0 Å². The molecule has 0 aromatic heterocycles. The summed E-state index contributed by atoms with van der Waals surface area (Å²) in [5.74, 6) is -0.235. The lowest BCUT2D eigenvalue weighted by Crippen LogP contribution is -2.15. The summed E-state index contributed by atoms with van der Waals surface area (Å²) in [6, 6.07) is 6.27. The van der Waals surface area contributed by atoms with E-state index in [1.54, 1.807) is 6.07 Å². The van der Waals surface area contributed by atoms with Crippen molar-refractivity contribution in [1.29, 1.82) is 5.26 Å². The number of hydrogen-bond donors (Lipinski definition) is 1. The molecule has 1 aromatic rings. The Bertz CT molecular complexity index is 373. The molecule has 80 valence electrons. The summed E-state index contributed by atoms with van der Waals surface area (Å²) in [5.41, 5.74) is 0.682. The first-order valence-corrected chi connectivity index (χ1v) is 4.71. The Kier molecular flexibility index (Phi) is 3.92.